The van der Waals surface area contributed by atoms with Crippen LogP contribution in [0.15, 0.2) is 6.07 Å². The zero-order valence-corrected chi connectivity index (χ0v) is 10.1. The van der Waals surface area contributed by atoms with E-state index in [1.54, 1.807) is 6.07 Å². The number of halogens is 1. The quantitative estimate of drug-likeness (QED) is 0.753. The van der Waals surface area contributed by atoms with Crippen molar-refractivity contribution in [2.75, 3.05) is 23.7 Å². The first-order chi connectivity index (χ1) is 7.54. The number of nitrogens with zero attached hydrogens (tertiary/aromatic N) is 3. The molecule has 1 aromatic heterocycles. The van der Waals surface area contributed by atoms with Crippen molar-refractivity contribution >= 4 is 23.4 Å². The van der Waals surface area contributed by atoms with Crippen LogP contribution in [0.2, 0.25) is 5.15 Å². The number of hydrogen-bond donors (Lipinski definition) is 1. The van der Waals surface area contributed by atoms with Gasteiger partial charge in [0.2, 0.25) is 5.95 Å². The van der Waals surface area contributed by atoms with Gasteiger partial charge in [-0.1, -0.05) is 11.6 Å². The number of anilines is 2. The van der Waals surface area contributed by atoms with Crippen molar-refractivity contribution in [3.05, 3.63) is 11.2 Å². The predicted molar refractivity (Wildman–Crippen MR) is 63.7 cm³/mol. The van der Waals surface area contributed by atoms with Crippen molar-refractivity contribution in [3.63, 3.8) is 0 Å². The summed E-state index contributed by atoms with van der Waals surface area (Å²) in [6.07, 6.45) is 0.359. The van der Waals surface area contributed by atoms with Gasteiger partial charge in [0.25, 0.3) is 0 Å². The second-order valence-corrected chi connectivity index (χ2v) is 4.46. The van der Waals surface area contributed by atoms with Crippen LogP contribution >= 0.6 is 11.6 Å². The van der Waals surface area contributed by atoms with Crippen molar-refractivity contribution in [2.24, 2.45) is 0 Å². The van der Waals surface area contributed by atoms with Crippen LogP contribution in [-0.2, 0) is 4.74 Å². The molecule has 2 atom stereocenters. The molecular formula is C10H15ClN4O. The first-order valence-corrected chi connectivity index (χ1v) is 5.63. The van der Waals surface area contributed by atoms with E-state index in [9.17, 15) is 0 Å². The van der Waals surface area contributed by atoms with Gasteiger partial charge in [-0.15, -0.1) is 0 Å². The molecule has 1 fully saturated rings. The van der Waals surface area contributed by atoms with Crippen molar-refractivity contribution in [1.29, 1.82) is 0 Å². The lowest BCUT2D eigenvalue weighted by molar-refractivity contribution is -0.00545. The van der Waals surface area contributed by atoms with E-state index in [0.29, 0.717) is 5.15 Å². The van der Waals surface area contributed by atoms with E-state index in [4.69, 9.17) is 22.1 Å². The zero-order valence-electron chi connectivity index (χ0n) is 9.35. The molecule has 1 aliphatic heterocycles. The Hall–Kier alpha value is -1.07. The summed E-state index contributed by atoms with van der Waals surface area (Å²) in [5.41, 5.74) is 5.57. The highest BCUT2D eigenvalue weighted by Gasteiger charge is 2.23. The van der Waals surface area contributed by atoms with Crippen molar-refractivity contribution in [1.82, 2.24) is 9.97 Å². The van der Waals surface area contributed by atoms with Crippen LogP contribution in [0, 0.1) is 0 Å². The maximum atomic E-state index is 5.85. The van der Waals surface area contributed by atoms with Gasteiger partial charge in [-0.05, 0) is 13.8 Å². The molecule has 0 aliphatic carbocycles. The van der Waals surface area contributed by atoms with E-state index in [1.165, 1.54) is 0 Å². The SMILES string of the molecule is C[C@@H]1CN(c2cc(Cl)nc(N)n2)C[C@H](C)O1. The molecule has 16 heavy (non-hydrogen) atoms. The van der Waals surface area contributed by atoms with Crippen molar-refractivity contribution < 1.29 is 4.74 Å². The Morgan fingerprint density at radius 2 is 2.00 bits per heavy atom. The lowest BCUT2D eigenvalue weighted by atomic mass is 10.2. The largest absolute Gasteiger partial charge is 0.372 e. The lowest BCUT2D eigenvalue weighted by Gasteiger charge is -2.36. The third-order valence-electron chi connectivity index (χ3n) is 2.44. The van der Waals surface area contributed by atoms with Crippen LogP contribution in [0.25, 0.3) is 0 Å². The zero-order chi connectivity index (χ0) is 11.7. The lowest BCUT2D eigenvalue weighted by Crippen LogP contribution is -2.45. The average molecular weight is 243 g/mol. The monoisotopic (exact) mass is 242 g/mol. The standard InChI is InChI=1S/C10H15ClN4O/c1-6-4-15(5-7(2)16-6)9-3-8(11)13-10(12)14-9/h3,6-7H,4-5H2,1-2H3,(H2,12,13,14)/t6-,7+. The van der Waals surface area contributed by atoms with Gasteiger partial charge in [0, 0.05) is 19.2 Å². The Balaban J connectivity index is 2.22. The first kappa shape index (κ1) is 11.4. The van der Waals surface area contributed by atoms with Gasteiger partial charge < -0.3 is 15.4 Å². The third kappa shape index (κ3) is 2.54. The molecule has 2 heterocycles. The first-order valence-electron chi connectivity index (χ1n) is 5.25. The van der Waals surface area contributed by atoms with Crippen molar-refractivity contribution in [3.8, 4) is 0 Å². The van der Waals surface area contributed by atoms with E-state index in [-0.39, 0.29) is 18.2 Å². The molecule has 0 saturated carbocycles. The van der Waals surface area contributed by atoms with Crippen LogP contribution in [0.3, 0.4) is 0 Å². The fourth-order valence-electron chi connectivity index (χ4n) is 1.95. The second-order valence-electron chi connectivity index (χ2n) is 4.07. The Morgan fingerprint density at radius 3 is 2.56 bits per heavy atom. The van der Waals surface area contributed by atoms with Gasteiger partial charge >= 0.3 is 0 Å². The van der Waals surface area contributed by atoms with Crippen LogP contribution in [0.4, 0.5) is 11.8 Å². The van der Waals surface area contributed by atoms with Crippen LogP contribution in [0.5, 0.6) is 0 Å². The van der Waals surface area contributed by atoms with Crippen molar-refractivity contribution in [2.45, 2.75) is 26.1 Å². The molecule has 1 aromatic rings. The van der Waals surface area contributed by atoms with Crippen LogP contribution < -0.4 is 10.6 Å². The normalized spacial score (nSPS) is 25.8. The van der Waals surface area contributed by atoms with E-state index >= 15 is 0 Å². The molecule has 0 bridgehead atoms. The van der Waals surface area contributed by atoms with E-state index in [2.05, 4.69) is 14.9 Å². The molecule has 0 aromatic carbocycles. The number of hydrogen-bond acceptors (Lipinski definition) is 5. The van der Waals surface area contributed by atoms with Crippen LogP contribution in [-0.4, -0.2) is 35.3 Å². The summed E-state index contributed by atoms with van der Waals surface area (Å²) in [4.78, 5) is 10.1. The number of ether oxygens (including phenoxy) is 1. The molecule has 88 valence electrons. The molecule has 0 amide bonds. The fourth-order valence-corrected chi connectivity index (χ4v) is 2.13. The number of aromatic nitrogens is 2. The van der Waals surface area contributed by atoms with Gasteiger partial charge in [-0.25, -0.2) is 4.98 Å². The van der Waals surface area contributed by atoms with E-state index < -0.39 is 0 Å². The Kier molecular flexibility index (Phi) is 3.16. The van der Waals surface area contributed by atoms with Gasteiger partial charge in [-0.3, -0.25) is 0 Å². The highest BCUT2D eigenvalue weighted by atomic mass is 35.5. The highest BCUT2D eigenvalue weighted by molar-refractivity contribution is 6.29. The number of nitrogen functional groups attached to an aromatic ring is 1. The minimum atomic E-state index is 0.179. The van der Waals surface area contributed by atoms with E-state index in [1.807, 2.05) is 13.8 Å². The summed E-state index contributed by atoms with van der Waals surface area (Å²) in [5.74, 6) is 0.966. The fraction of sp³-hybridized carbons (Fsp3) is 0.600. The summed E-state index contributed by atoms with van der Waals surface area (Å²) in [6, 6.07) is 1.72. The minimum Gasteiger partial charge on any atom is -0.372 e. The molecule has 5 nitrogen and oxygen atoms in total. The number of rotatable bonds is 1. The maximum absolute atomic E-state index is 5.85. The molecule has 1 saturated heterocycles. The summed E-state index contributed by atoms with van der Waals surface area (Å²) >= 11 is 5.85. The molecule has 0 radical (unpaired) electrons. The smallest absolute Gasteiger partial charge is 0.223 e. The van der Waals surface area contributed by atoms with Gasteiger partial charge in [0.15, 0.2) is 0 Å². The molecular weight excluding hydrogens is 228 g/mol. The highest BCUT2D eigenvalue weighted by Crippen LogP contribution is 2.21. The Labute approximate surface area is 99.6 Å². The Bertz CT molecular complexity index is 357. The second kappa shape index (κ2) is 4.43. The maximum Gasteiger partial charge on any atom is 0.223 e. The molecule has 1 aliphatic rings. The number of morpholine rings is 1. The topological polar surface area (TPSA) is 64.3 Å². The molecule has 0 spiro atoms. The van der Waals surface area contributed by atoms with Gasteiger partial charge in [-0.2, -0.15) is 4.98 Å². The molecule has 6 heteroatoms. The Morgan fingerprint density at radius 1 is 1.38 bits per heavy atom. The molecule has 0 unspecified atom stereocenters. The van der Waals surface area contributed by atoms with Gasteiger partial charge in [0.1, 0.15) is 11.0 Å². The summed E-state index contributed by atoms with van der Waals surface area (Å²) in [7, 11) is 0. The average Bonchev–Trinajstić information content (AvgIpc) is 2.14. The third-order valence-corrected chi connectivity index (χ3v) is 2.64. The molecule has 2 N–H and O–H groups in total. The number of nitrogens with two attached hydrogens (primary N) is 1. The summed E-state index contributed by atoms with van der Waals surface area (Å²) in [5, 5.41) is 0.370. The van der Waals surface area contributed by atoms with E-state index in [0.717, 1.165) is 18.9 Å². The van der Waals surface area contributed by atoms with Gasteiger partial charge in [0.05, 0.1) is 12.2 Å². The minimum absolute atomic E-state index is 0.179. The summed E-state index contributed by atoms with van der Waals surface area (Å²) < 4.78 is 5.65. The predicted octanol–water partition coefficient (Wildman–Crippen LogP) is 1.33. The summed E-state index contributed by atoms with van der Waals surface area (Å²) in [6.45, 7) is 5.65. The molecule has 2 rings (SSSR count). The van der Waals surface area contributed by atoms with Crippen LogP contribution in [0.1, 0.15) is 13.8 Å².